The molecule has 0 spiro atoms. The number of H-pyrrole nitrogens is 1. The highest BCUT2D eigenvalue weighted by atomic mass is 32.2. The summed E-state index contributed by atoms with van der Waals surface area (Å²) < 4.78 is 0. The second-order valence-electron chi connectivity index (χ2n) is 9.69. The van der Waals surface area contributed by atoms with E-state index in [0.29, 0.717) is 11.4 Å². The number of phenolic OH excluding ortho intramolecular Hbond substituents is 1. The van der Waals surface area contributed by atoms with Crippen molar-refractivity contribution in [2.24, 2.45) is 11.7 Å². The van der Waals surface area contributed by atoms with Crippen LogP contribution in [-0.4, -0.2) is 80.0 Å². The molecule has 0 bridgehead atoms. The van der Waals surface area contributed by atoms with Crippen LogP contribution in [0.3, 0.4) is 0 Å². The third-order valence-corrected chi connectivity index (χ3v) is 6.55. The monoisotopic (exact) mass is 562 g/mol. The van der Waals surface area contributed by atoms with Crippen molar-refractivity contribution in [3.05, 3.63) is 48.0 Å². The zero-order valence-corrected chi connectivity index (χ0v) is 23.2. The smallest absolute Gasteiger partial charge is 0.326 e. The number of carboxylic acids is 1. The van der Waals surface area contributed by atoms with Crippen molar-refractivity contribution in [1.82, 2.24) is 25.9 Å². The number of aromatic nitrogens is 2. The Morgan fingerprint density at radius 1 is 0.974 bits per heavy atom. The molecule has 0 aliphatic heterocycles. The van der Waals surface area contributed by atoms with Crippen LogP contribution in [-0.2, 0) is 32.0 Å². The van der Waals surface area contributed by atoms with Crippen LogP contribution in [0.15, 0.2) is 36.8 Å². The second kappa shape index (κ2) is 15.7. The molecule has 0 saturated heterocycles. The van der Waals surface area contributed by atoms with E-state index in [-0.39, 0.29) is 37.4 Å². The number of benzene rings is 1. The van der Waals surface area contributed by atoms with E-state index < -0.39 is 47.9 Å². The van der Waals surface area contributed by atoms with E-state index in [4.69, 9.17) is 5.73 Å². The molecule has 2 rings (SSSR count). The highest BCUT2D eigenvalue weighted by Gasteiger charge is 2.31. The Balaban J connectivity index is 2.15. The maximum atomic E-state index is 13.3. The Kier molecular flexibility index (Phi) is 12.8. The highest BCUT2D eigenvalue weighted by molar-refractivity contribution is 7.98. The lowest BCUT2D eigenvalue weighted by Gasteiger charge is -2.25. The van der Waals surface area contributed by atoms with Crippen LogP contribution in [0.1, 0.15) is 37.9 Å². The fraction of sp³-hybridized carbons (Fsp3) is 0.500. The van der Waals surface area contributed by atoms with Crippen LogP contribution >= 0.6 is 11.8 Å². The minimum absolute atomic E-state index is 0.0176. The fourth-order valence-electron chi connectivity index (χ4n) is 3.82. The van der Waals surface area contributed by atoms with Crippen molar-refractivity contribution in [1.29, 1.82) is 0 Å². The Bertz CT molecular complexity index is 1080. The second-order valence-corrected chi connectivity index (χ2v) is 10.7. The summed E-state index contributed by atoms with van der Waals surface area (Å²) in [5.41, 5.74) is 7.39. The molecule has 8 N–H and O–H groups in total. The molecule has 1 aromatic carbocycles. The number of imidazole rings is 1. The molecule has 4 atom stereocenters. The summed E-state index contributed by atoms with van der Waals surface area (Å²) in [6.07, 6.45) is 5.54. The van der Waals surface area contributed by atoms with Gasteiger partial charge in [0, 0.05) is 18.3 Å². The van der Waals surface area contributed by atoms with E-state index in [1.165, 1.54) is 36.4 Å². The number of carboxylic acid groups (broad SMARTS) is 1. The van der Waals surface area contributed by atoms with Gasteiger partial charge < -0.3 is 36.9 Å². The van der Waals surface area contributed by atoms with E-state index in [2.05, 4.69) is 25.9 Å². The van der Waals surface area contributed by atoms with Gasteiger partial charge in [-0.05, 0) is 54.9 Å². The average Bonchev–Trinajstić information content (AvgIpc) is 3.39. The first-order chi connectivity index (χ1) is 18.5. The maximum Gasteiger partial charge on any atom is 0.326 e. The first-order valence-corrected chi connectivity index (χ1v) is 14.0. The number of hydrogen-bond donors (Lipinski definition) is 7. The third kappa shape index (κ3) is 11.0. The first kappa shape index (κ1) is 31.6. The van der Waals surface area contributed by atoms with Crippen molar-refractivity contribution >= 4 is 35.5 Å². The highest BCUT2D eigenvalue weighted by Crippen LogP contribution is 2.12. The molecule has 3 amide bonds. The minimum Gasteiger partial charge on any atom is -0.508 e. The molecule has 1 aromatic heterocycles. The lowest BCUT2D eigenvalue weighted by atomic mass is 10.0. The summed E-state index contributed by atoms with van der Waals surface area (Å²) in [5, 5.41) is 26.9. The van der Waals surface area contributed by atoms with E-state index in [0.717, 1.165) is 5.56 Å². The van der Waals surface area contributed by atoms with Gasteiger partial charge in [0.25, 0.3) is 0 Å². The minimum atomic E-state index is -1.17. The van der Waals surface area contributed by atoms with Crippen LogP contribution in [0.2, 0.25) is 0 Å². The van der Waals surface area contributed by atoms with Crippen molar-refractivity contribution in [3.63, 3.8) is 0 Å². The van der Waals surface area contributed by atoms with Crippen LogP contribution < -0.4 is 21.7 Å². The number of nitrogens with one attached hydrogen (secondary N) is 4. The molecule has 2 aromatic rings. The summed E-state index contributed by atoms with van der Waals surface area (Å²) in [6, 6.07) is 2.14. The van der Waals surface area contributed by atoms with Crippen LogP contribution in [0.25, 0.3) is 0 Å². The number of phenols is 1. The van der Waals surface area contributed by atoms with Crippen molar-refractivity contribution in [2.45, 2.75) is 63.7 Å². The summed E-state index contributed by atoms with van der Waals surface area (Å²) in [7, 11) is 0. The Morgan fingerprint density at radius 2 is 1.59 bits per heavy atom. The summed E-state index contributed by atoms with van der Waals surface area (Å²) in [5.74, 6) is -2.30. The molecule has 4 unspecified atom stereocenters. The SMILES string of the molecule is CSCCC(NC(=O)C(N)Cc1ccc(O)cc1)C(=O)NC(Cc1cnc[nH]1)C(=O)NC(CC(C)C)C(=O)O. The van der Waals surface area contributed by atoms with Gasteiger partial charge in [0.1, 0.15) is 23.9 Å². The van der Waals surface area contributed by atoms with Gasteiger partial charge in [-0.1, -0.05) is 26.0 Å². The van der Waals surface area contributed by atoms with E-state index >= 15 is 0 Å². The Labute approximate surface area is 231 Å². The van der Waals surface area contributed by atoms with Crippen LogP contribution in [0, 0.1) is 5.92 Å². The third-order valence-electron chi connectivity index (χ3n) is 5.91. The number of aliphatic carboxylic acids is 1. The molecule has 39 heavy (non-hydrogen) atoms. The normalized spacial score (nSPS) is 14.2. The molecule has 12 nitrogen and oxygen atoms in total. The topological polar surface area (TPSA) is 200 Å². The number of nitrogens with zero attached hydrogens (tertiary/aromatic N) is 1. The van der Waals surface area contributed by atoms with Crippen molar-refractivity contribution in [2.75, 3.05) is 12.0 Å². The number of thioether (sulfide) groups is 1. The van der Waals surface area contributed by atoms with Crippen LogP contribution in [0.4, 0.5) is 0 Å². The number of aromatic amines is 1. The number of rotatable bonds is 16. The molecule has 0 fully saturated rings. The van der Waals surface area contributed by atoms with Gasteiger partial charge in [0.15, 0.2) is 0 Å². The van der Waals surface area contributed by atoms with E-state index in [1.54, 1.807) is 12.1 Å². The summed E-state index contributed by atoms with van der Waals surface area (Å²) in [4.78, 5) is 57.8. The molecular weight excluding hydrogens is 524 g/mol. The fourth-order valence-corrected chi connectivity index (χ4v) is 4.30. The number of aromatic hydroxyl groups is 1. The molecule has 13 heteroatoms. The molecule has 1 heterocycles. The summed E-state index contributed by atoms with van der Waals surface area (Å²) in [6.45, 7) is 3.69. The predicted octanol–water partition coefficient (Wildman–Crippen LogP) is 0.566. The number of carbonyl (C=O) groups excluding carboxylic acids is 3. The predicted molar refractivity (Wildman–Crippen MR) is 148 cm³/mol. The lowest BCUT2D eigenvalue weighted by molar-refractivity contribution is -0.142. The Hall–Kier alpha value is -3.58. The van der Waals surface area contributed by atoms with E-state index in [9.17, 15) is 29.4 Å². The Morgan fingerprint density at radius 3 is 2.15 bits per heavy atom. The molecule has 0 radical (unpaired) electrons. The average molecular weight is 563 g/mol. The first-order valence-electron chi connectivity index (χ1n) is 12.6. The van der Waals surface area contributed by atoms with E-state index in [1.807, 2.05) is 20.1 Å². The number of hydrogen-bond acceptors (Lipinski definition) is 8. The molecule has 0 aliphatic rings. The molecule has 0 aliphatic carbocycles. The van der Waals surface area contributed by atoms with Gasteiger partial charge in [-0.25, -0.2) is 9.78 Å². The molecule has 0 saturated carbocycles. The van der Waals surface area contributed by atoms with Crippen molar-refractivity contribution < 1.29 is 29.4 Å². The summed E-state index contributed by atoms with van der Waals surface area (Å²) >= 11 is 1.49. The standard InChI is InChI=1S/C26H38N6O6S/c1-15(2)10-22(26(37)38)32-25(36)21(12-17-13-28-14-29-17)31-24(35)20(8-9-39-3)30-23(34)19(27)11-16-4-6-18(33)7-5-16/h4-7,13-15,19-22,33H,8-12,27H2,1-3H3,(H,28,29)(H,30,34)(H,31,35)(H,32,36)(H,37,38). The zero-order valence-electron chi connectivity index (χ0n) is 22.3. The van der Waals surface area contributed by atoms with Gasteiger partial charge in [0.05, 0.1) is 12.4 Å². The molecule has 214 valence electrons. The molecular formula is C26H38N6O6S. The van der Waals surface area contributed by atoms with Gasteiger partial charge >= 0.3 is 5.97 Å². The zero-order chi connectivity index (χ0) is 28.9. The quantitative estimate of drug-likeness (QED) is 0.153. The van der Waals surface area contributed by atoms with Gasteiger partial charge in [-0.2, -0.15) is 11.8 Å². The van der Waals surface area contributed by atoms with Gasteiger partial charge in [-0.15, -0.1) is 0 Å². The van der Waals surface area contributed by atoms with Crippen molar-refractivity contribution in [3.8, 4) is 5.75 Å². The largest absolute Gasteiger partial charge is 0.508 e. The number of amides is 3. The van der Waals surface area contributed by atoms with Crippen LogP contribution in [0.5, 0.6) is 5.75 Å². The van der Waals surface area contributed by atoms with Gasteiger partial charge in [-0.3, -0.25) is 14.4 Å². The maximum absolute atomic E-state index is 13.3. The lowest BCUT2D eigenvalue weighted by Crippen LogP contribution is -2.58. The number of nitrogens with two attached hydrogens (primary N) is 1. The number of carbonyl (C=O) groups is 4. The van der Waals surface area contributed by atoms with Gasteiger partial charge in [0.2, 0.25) is 17.7 Å².